The van der Waals surface area contributed by atoms with Gasteiger partial charge in [0.15, 0.2) is 0 Å². The second-order valence-electron chi connectivity index (χ2n) is 12.8. The summed E-state index contributed by atoms with van der Waals surface area (Å²) < 4.78 is 0. The molecular formula is C43H53N5. The maximum Gasteiger partial charge on any atom is 0.141 e. The first-order valence-electron chi connectivity index (χ1n) is 18.3. The Morgan fingerprint density at radius 3 is 1.17 bits per heavy atom. The average molecular weight is 640 g/mol. The van der Waals surface area contributed by atoms with Crippen molar-refractivity contribution in [3.63, 3.8) is 0 Å². The molecule has 0 fully saturated rings. The highest BCUT2D eigenvalue weighted by atomic mass is 15.3. The van der Waals surface area contributed by atoms with Gasteiger partial charge in [-0.05, 0) is 123 Å². The van der Waals surface area contributed by atoms with Crippen molar-refractivity contribution in [2.24, 2.45) is 0 Å². The van der Waals surface area contributed by atoms with Gasteiger partial charge in [0.05, 0.1) is 0 Å². The number of pyridine rings is 3. The molecule has 0 aliphatic rings. The van der Waals surface area contributed by atoms with E-state index < -0.39 is 0 Å². The van der Waals surface area contributed by atoms with Gasteiger partial charge in [-0.3, -0.25) is 9.80 Å². The maximum atomic E-state index is 5.42. The quantitative estimate of drug-likeness (QED) is 0.0954. The fourth-order valence-electron chi connectivity index (χ4n) is 6.07. The Labute approximate surface area is 289 Å². The van der Waals surface area contributed by atoms with Gasteiger partial charge in [-0.2, -0.15) is 0 Å². The van der Waals surface area contributed by atoms with Crippen molar-refractivity contribution in [2.45, 2.75) is 105 Å². The van der Waals surface area contributed by atoms with Crippen molar-refractivity contribution in [3.8, 4) is 0 Å². The van der Waals surface area contributed by atoms with Crippen LogP contribution in [0.15, 0.2) is 103 Å². The van der Waals surface area contributed by atoms with E-state index in [2.05, 4.69) is 141 Å². The van der Waals surface area contributed by atoms with Crippen molar-refractivity contribution < 1.29 is 0 Å². The van der Waals surface area contributed by atoms with Gasteiger partial charge in [-0.15, -0.1) is 0 Å². The summed E-state index contributed by atoms with van der Waals surface area (Å²) in [5, 5.41) is 0. The SMILES string of the molecule is CCCCc1cccc(N(c2cccc(CCCC)n2)c2cccc(N(c3cccc(CCCC)c3)c3cccc(CCCC)n3)n2)c1. The molecule has 0 N–H and O–H groups in total. The highest BCUT2D eigenvalue weighted by Crippen LogP contribution is 2.38. The van der Waals surface area contributed by atoms with Crippen LogP contribution in [0.3, 0.4) is 0 Å². The minimum absolute atomic E-state index is 0.828. The van der Waals surface area contributed by atoms with Crippen LogP contribution in [-0.2, 0) is 25.7 Å². The first kappa shape index (κ1) is 34.8. The number of anilines is 6. The molecular weight excluding hydrogens is 587 g/mol. The highest BCUT2D eigenvalue weighted by molar-refractivity contribution is 5.77. The minimum Gasteiger partial charge on any atom is -0.279 e. The van der Waals surface area contributed by atoms with Gasteiger partial charge in [0, 0.05) is 22.8 Å². The Kier molecular flexibility index (Phi) is 13.2. The zero-order valence-electron chi connectivity index (χ0n) is 29.5. The van der Waals surface area contributed by atoms with E-state index in [0.29, 0.717) is 0 Å². The van der Waals surface area contributed by atoms with Crippen molar-refractivity contribution in [1.82, 2.24) is 15.0 Å². The van der Waals surface area contributed by atoms with Gasteiger partial charge in [-0.25, -0.2) is 15.0 Å². The summed E-state index contributed by atoms with van der Waals surface area (Å²) in [5.74, 6) is 3.42. The lowest BCUT2D eigenvalue weighted by molar-refractivity contribution is 0.776. The molecule has 48 heavy (non-hydrogen) atoms. The number of rotatable bonds is 18. The zero-order valence-corrected chi connectivity index (χ0v) is 29.5. The van der Waals surface area contributed by atoms with E-state index >= 15 is 0 Å². The Morgan fingerprint density at radius 2 is 0.750 bits per heavy atom. The Balaban J connectivity index is 1.64. The lowest BCUT2D eigenvalue weighted by Crippen LogP contribution is -2.18. The molecule has 5 nitrogen and oxygen atoms in total. The third-order valence-electron chi connectivity index (χ3n) is 8.77. The monoisotopic (exact) mass is 639 g/mol. The first-order valence-corrected chi connectivity index (χ1v) is 18.3. The number of aromatic nitrogens is 3. The third-order valence-corrected chi connectivity index (χ3v) is 8.77. The number of hydrogen-bond donors (Lipinski definition) is 0. The summed E-state index contributed by atoms with van der Waals surface area (Å²) in [5.41, 5.74) is 7.02. The standard InChI is InChI=1S/C43H53N5/c1-5-9-18-34-20-13-26-38(32-34)47(40-28-15-24-36(44-40)22-11-7-3)42-30-17-31-43(46-42)48(39-27-14-21-35(33-39)19-10-6-2)41-29-16-25-37(45-41)23-12-8-4/h13-17,20-21,24-33H,5-12,18-19,22-23H2,1-4H3. The van der Waals surface area contributed by atoms with E-state index in [1.807, 2.05) is 0 Å². The molecule has 250 valence electrons. The average Bonchev–Trinajstić information content (AvgIpc) is 3.12. The summed E-state index contributed by atoms with van der Waals surface area (Å²) >= 11 is 0. The molecule has 0 aliphatic heterocycles. The number of hydrogen-bond acceptors (Lipinski definition) is 5. The molecule has 0 unspecified atom stereocenters. The van der Waals surface area contributed by atoms with Crippen LogP contribution >= 0.6 is 0 Å². The molecule has 0 spiro atoms. The van der Waals surface area contributed by atoms with Gasteiger partial charge in [-0.1, -0.05) is 95.8 Å². The van der Waals surface area contributed by atoms with Crippen molar-refractivity contribution >= 4 is 34.6 Å². The van der Waals surface area contributed by atoms with Crippen LogP contribution in [0.4, 0.5) is 34.6 Å². The third kappa shape index (κ3) is 9.31. The predicted octanol–water partition coefficient (Wildman–Crippen LogP) is 12.2. The van der Waals surface area contributed by atoms with Gasteiger partial charge in [0.25, 0.3) is 0 Å². The molecule has 0 aliphatic carbocycles. The van der Waals surface area contributed by atoms with E-state index in [1.165, 1.54) is 36.8 Å². The molecule has 0 saturated carbocycles. The van der Waals surface area contributed by atoms with Crippen LogP contribution in [0.5, 0.6) is 0 Å². The normalized spacial score (nSPS) is 11.1. The first-order chi connectivity index (χ1) is 23.6. The number of unbranched alkanes of at least 4 members (excludes halogenated alkanes) is 4. The lowest BCUT2D eigenvalue weighted by atomic mass is 10.1. The van der Waals surface area contributed by atoms with E-state index in [9.17, 15) is 0 Å². The molecule has 0 radical (unpaired) electrons. The molecule has 0 amide bonds. The molecule has 5 aromatic rings. The van der Waals surface area contributed by atoms with Gasteiger partial charge in [0.1, 0.15) is 23.3 Å². The molecule has 5 heteroatoms. The van der Waals surface area contributed by atoms with E-state index in [0.717, 1.165) is 97.4 Å². The minimum atomic E-state index is 0.828. The van der Waals surface area contributed by atoms with E-state index in [-0.39, 0.29) is 0 Å². The summed E-state index contributed by atoms with van der Waals surface area (Å²) in [6, 6.07) is 36.8. The maximum absolute atomic E-state index is 5.42. The summed E-state index contributed by atoms with van der Waals surface area (Å²) in [6.07, 6.45) is 13.2. The Morgan fingerprint density at radius 1 is 0.396 bits per heavy atom. The highest BCUT2D eigenvalue weighted by Gasteiger charge is 2.21. The zero-order chi connectivity index (χ0) is 33.6. The fourth-order valence-corrected chi connectivity index (χ4v) is 6.07. The van der Waals surface area contributed by atoms with E-state index in [1.54, 1.807) is 0 Å². The Hall–Kier alpha value is -4.51. The number of benzene rings is 2. The van der Waals surface area contributed by atoms with Gasteiger partial charge < -0.3 is 0 Å². The summed E-state index contributed by atoms with van der Waals surface area (Å²) in [4.78, 5) is 20.2. The topological polar surface area (TPSA) is 45.2 Å². The van der Waals surface area contributed by atoms with Crippen LogP contribution < -0.4 is 9.80 Å². The fraction of sp³-hybridized carbons (Fsp3) is 0.372. The van der Waals surface area contributed by atoms with Gasteiger partial charge >= 0.3 is 0 Å². The van der Waals surface area contributed by atoms with Crippen molar-refractivity contribution in [2.75, 3.05) is 9.80 Å². The molecule has 0 saturated heterocycles. The van der Waals surface area contributed by atoms with Gasteiger partial charge in [0.2, 0.25) is 0 Å². The second kappa shape index (κ2) is 18.1. The number of nitrogens with zero attached hydrogens (tertiary/aromatic N) is 5. The molecule has 5 rings (SSSR count). The van der Waals surface area contributed by atoms with Crippen LogP contribution in [0.1, 0.15) is 102 Å². The molecule has 2 aromatic carbocycles. The van der Waals surface area contributed by atoms with Crippen molar-refractivity contribution in [3.05, 3.63) is 126 Å². The molecule has 0 bridgehead atoms. The second-order valence-corrected chi connectivity index (χ2v) is 12.8. The van der Waals surface area contributed by atoms with Crippen LogP contribution in [0.25, 0.3) is 0 Å². The number of aryl methyl sites for hydroxylation is 4. The van der Waals surface area contributed by atoms with Crippen LogP contribution in [0.2, 0.25) is 0 Å². The predicted molar refractivity (Wildman–Crippen MR) is 204 cm³/mol. The smallest absolute Gasteiger partial charge is 0.141 e. The van der Waals surface area contributed by atoms with E-state index in [4.69, 9.17) is 15.0 Å². The van der Waals surface area contributed by atoms with Crippen LogP contribution in [0, 0.1) is 0 Å². The lowest BCUT2D eigenvalue weighted by Gasteiger charge is -2.28. The largest absolute Gasteiger partial charge is 0.279 e. The molecule has 3 heterocycles. The molecule has 0 atom stereocenters. The summed E-state index contributed by atoms with van der Waals surface area (Å²) in [7, 11) is 0. The summed E-state index contributed by atoms with van der Waals surface area (Å²) in [6.45, 7) is 8.95. The Bertz CT molecular complexity index is 1490. The molecule has 3 aromatic heterocycles. The van der Waals surface area contributed by atoms with Crippen LogP contribution in [-0.4, -0.2) is 15.0 Å². The van der Waals surface area contributed by atoms with Crippen molar-refractivity contribution in [1.29, 1.82) is 0 Å².